The van der Waals surface area contributed by atoms with Gasteiger partial charge in [-0.15, -0.1) is 0 Å². The van der Waals surface area contributed by atoms with E-state index in [4.69, 9.17) is 10.5 Å². The quantitative estimate of drug-likeness (QED) is 0.778. The van der Waals surface area contributed by atoms with E-state index in [0.29, 0.717) is 18.2 Å². The fraction of sp³-hybridized carbons (Fsp3) is 0.417. The Labute approximate surface area is 95.0 Å². The fourth-order valence-corrected chi connectivity index (χ4v) is 1.91. The molecular formula is C12H16N2O2. The maximum atomic E-state index is 11.7. The average Bonchev–Trinajstić information content (AvgIpc) is 2.61. The van der Waals surface area contributed by atoms with Gasteiger partial charge in [0.2, 0.25) is 0 Å². The van der Waals surface area contributed by atoms with Crippen LogP contribution in [-0.2, 0) is 4.74 Å². The summed E-state index contributed by atoms with van der Waals surface area (Å²) in [7, 11) is 0. The second-order valence-electron chi connectivity index (χ2n) is 4.32. The van der Waals surface area contributed by atoms with Crippen molar-refractivity contribution in [1.29, 1.82) is 0 Å². The van der Waals surface area contributed by atoms with Crippen LogP contribution in [0.1, 0.15) is 13.8 Å². The summed E-state index contributed by atoms with van der Waals surface area (Å²) in [6, 6.07) is 7.42. The van der Waals surface area contributed by atoms with Crippen LogP contribution in [0.3, 0.4) is 0 Å². The van der Waals surface area contributed by atoms with Gasteiger partial charge in [0, 0.05) is 0 Å². The number of para-hydroxylation sites is 2. The normalized spacial score (nSPS) is 20.3. The van der Waals surface area contributed by atoms with Crippen molar-refractivity contribution >= 4 is 17.5 Å². The topological polar surface area (TPSA) is 55.6 Å². The van der Waals surface area contributed by atoms with Crippen molar-refractivity contribution in [3.8, 4) is 0 Å². The molecule has 1 heterocycles. The second-order valence-corrected chi connectivity index (χ2v) is 4.32. The van der Waals surface area contributed by atoms with E-state index < -0.39 is 0 Å². The van der Waals surface area contributed by atoms with Crippen LogP contribution >= 0.6 is 0 Å². The molecule has 2 rings (SSSR count). The second kappa shape index (κ2) is 4.04. The Bertz CT molecular complexity index is 404. The van der Waals surface area contributed by atoms with Gasteiger partial charge in [0.15, 0.2) is 0 Å². The molecule has 1 amide bonds. The first-order valence-electron chi connectivity index (χ1n) is 5.41. The maximum absolute atomic E-state index is 11.7. The van der Waals surface area contributed by atoms with Gasteiger partial charge in [-0.1, -0.05) is 26.0 Å². The highest BCUT2D eigenvalue weighted by Gasteiger charge is 2.36. The Hall–Kier alpha value is -1.71. The van der Waals surface area contributed by atoms with E-state index in [2.05, 4.69) is 13.8 Å². The molecule has 4 nitrogen and oxygen atoms in total. The minimum absolute atomic E-state index is 0.0669. The Kier molecular flexibility index (Phi) is 2.73. The van der Waals surface area contributed by atoms with Crippen molar-refractivity contribution in [2.24, 2.45) is 5.92 Å². The SMILES string of the molecule is CC(C)[C@H]1COC(=O)N1c1ccccc1N. The van der Waals surface area contributed by atoms with Crippen molar-refractivity contribution in [2.45, 2.75) is 19.9 Å². The zero-order chi connectivity index (χ0) is 11.7. The molecule has 1 saturated heterocycles. The van der Waals surface area contributed by atoms with Crippen molar-refractivity contribution in [3.63, 3.8) is 0 Å². The number of nitrogen functional groups attached to an aromatic ring is 1. The first kappa shape index (κ1) is 10.8. The Morgan fingerprint density at radius 3 is 2.75 bits per heavy atom. The van der Waals surface area contributed by atoms with Gasteiger partial charge in [0.1, 0.15) is 6.61 Å². The summed E-state index contributed by atoms with van der Waals surface area (Å²) >= 11 is 0. The molecule has 0 aliphatic carbocycles. The molecule has 86 valence electrons. The van der Waals surface area contributed by atoms with Crippen LogP contribution in [0.15, 0.2) is 24.3 Å². The van der Waals surface area contributed by atoms with Crippen molar-refractivity contribution in [3.05, 3.63) is 24.3 Å². The zero-order valence-electron chi connectivity index (χ0n) is 9.51. The number of hydrogen-bond acceptors (Lipinski definition) is 3. The van der Waals surface area contributed by atoms with Gasteiger partial charge >= 0.3 is 6.09 Å². The highest BCUT2D eigenvalue weighted by atomic mass is 16.6. The van der Waals surface area contributed by atoms with Crippen LogP contribution < -0.4 is 10.6 Å². The molecule has 0 unspecified atom stereocenters. The molecule has 0 saturated carbocycles. The van der Waals surface area contributed by atoms with E-state index >= 15 is 0 Å². The number of rotatable bonds is 2. The van der Waals surface area contributed by atoms with Gasteiger partial charge in [-0.3, -0.25) is 4.90 Å². The fourth-order valence-electron chi connectivity index (χ4n) is 1.91. The molecule has 0 bridgehead atoms. The number of anilines is 2. The molecular weight excluding hydrogens is 204 g/mol. The smallest absolute Gasteiger partial charge is 0.414 e. The monoisotopic (exact) mass is 220 g/mol. The molecule has 1 aliphatic rings. The van der Waals surface area contributed by atoms with Crippen LogP contribution in [0, 0.1) is 5.92 Å². The van der Waals surface area contributed by atoms with E-state index in [1.165, 1.54) is 0 Å². The van der Waals surface area contributed by atoms with Crippen LogP contribution in [0.5, 0.6) is 0 Å². The summed E-state index contributed by atoms with van der Waals surface area (Å²) in [6.07, 6.45) is -0.309. The maximum Gasteiger partial charge on any atom is 0.414 e. The number of ether oxygens (including phenoxy) is 1. The first-order valence-corrected chi connectivity index (χ1v) is 5.41. The van der Waals surface area contributed by atoms with E-state index in [-0.39, 0.29) is 12.1 Å². The zero-order valence-corrected chi connectivity index (χ0v) is 9.51. The van der Waals surface area contributed by atoms with E-state index in [0.717, 1.165) is 5.69 Å². The first-order chi connectivity index (χ1) is 7.61. The molecule has 0 radical (unpaired) electrons. The molecule has 1 atom stereocenters. The summed E-state index contributed by atoms with van der Waals surface area (Å²) in [5, 5.41) is 0. The molecule has 1 aliphatic heterocycles. The molecule has 16 heavy (non-hydrogen) atoms. The number of carbonyl (C=O) groups excluding carboxylic acids is 1. The predicted octanol–water partition coefficient (Wildman–Crippen LogP) is 2.25. The third kappa shape index (κ3) is 1.71. The third-order valence-corrected chi connectivity index (χ3v) is 2.87. The van der Waals surface area contributed by atoms with E-state index in [9.17, 15) is 4.79 Å². The Morgan fingerprint density at radius 1 is 1.44 bits per heavy atom. The van der Waals surface area contributed by atoms with Gasteiger partial charge in [-0.2, -0.15) is 0 Å². The van der Waals surface area contributed by atoms with Crippen LogP contribution in [-0.4, -0.2) is 18.7 Å². The summed E-state index contributed by atoms with van der Waals surface area (Å²) < 4.78 is 5.08. The minimum atomic E-state index is -0.309. The molecule has 2 N–H and O–H groups in total. The number of nitrogens with zero attached hydrogens (tertiary/aromatic N) is 1. The highest BCUT2D eigenvalue weighted by molar-refractivity contribution is 5.93. The molecule has 1 aromatic carbocycles. The molecule has 1 fully saturated rings. The number of benzene rings is 1. The molecule has 0 spiro atoms. The highest BCUT2D eigenvalue weighted by Crippen LogP contribution is 2.30. The number of amides is 1. The standard InChI is InChI=1S/C12H16N2O2/c1-8(2)11-7-16-12(15)14(11)10-6-4-3-5-9(10)13/h3-6,8,11H,7,13H2,1-2H3/t11-/m1/s1. The molecule has 4 heteroatoms. The number of nitrogens with two attached hydrogens (primary N) is 1. The minimum Gasteiger partial charge on any atom is -0.447 e. The van der Waals surface area contributed by atoms with E-state index in [1.807, 2.05) is 18.2 Å². The predicted molar refractivity (Wildman–Crippen MR) is 63.3 cm³/mol. The summed E-state index contributed by atoms with van der Waals surface area (Å²) in [5.41, 5.74) is 7.22. The average molecular weight is 220 g/mol. The Morgan fingerprint density at radius 2 is 2.12 bits per heavy atom. The summed E-state index contributed by atoms with van der Waals surface area (Å²) in [6.45, 7) is 4.57. The lowest BCUT2D eigenvalue weighted by molar-refractivity contribution is 0.177. The number of cyclic esters (lactones) is 1. The largest absolute Gasteiger partial charge is 0.447 e. The van der Waals surface area contributed by atoms with Crippen LogP contribution in [0.25, 0.3) is 0 Å². The van der Waals surface area contributed by atoms with Crippen LogP contribution in [0.2, 0.25) is 0 Å². The van der Waals surface area contributed by atoms with E-state index in [1.54, 1.807) is 11.0 Å². The Balaban J connectivity index is 2.38. The van der Waals surface area contributed by atoms with Crippen molar-refractivity contribution in [1.82, 2.24) is 0 Å². The van der Waals surface area contributed by atoms with Gasteiger partial charge < -0.3 is 10.5 Å². The lowest BCUT2D eigenvalue weighted by Gasteiger charge is -2.25. The lowest BCUT2D eigenvalue weighted by Crippen LogP contribution is -2.37. The lowest BCUT2D eigenvalue weighted by atomic mass is 10.0. The third-order valence-electron chi connectivity index (χ3n) is 2.87. The molecule has 0 aromatic heterocycles. The van der Waals surface area contributed by atoms with Crippen LogP contribution in [0.4, 0.5) is 16.2 Å². The van der Waals surface area contributed by atoms with Gasteiger partial charge in [0.25, 0.3) is 0 Å². The number of hydrogen-bond donors (Lipinski definition) is 1. The summed E-state index contributed by atoms with van der Waals surface area (Å²) in [5.74, 6) is 0.339. The number of carbonyl (C=O) groups is 1. The van der Waals surface area contributed by atoms with Gasteiger partial charge in [-0.05, 0) is 18.1 Å². The van der Waals surface area contributed by atoms with Crippen molar-refractivity contribution in [2.75, 3.05) is 17.2 Å². The van der Waals surface area contributed by atoms with Gasteiger partial charge in [-0.25, -0.2) is 4.79 Å². The van der Waals surface area contributed by atoms with Gasteiger partial charge in [0.05, 0.1) is 17.4 Å². The van der Waals surface area contributed by atoms with Crippen molar-refractivity contribution < 1.29 is 9.53 Å². The summed E-state index contributed by atoms with van der Waals surface area (Å²) in [4.78, 5) is 13.3. The molecule has 1 aromatic rings.